The van der Waals surface area contributed by atoms with Crippen molar-refractivity contribution in [3.8, 4) is 0 Å². The van der Waals surface area contributed by atoms with Gasteiger partial charge in [-0.3, -0.25) is 14.4 Å². The number of carbonyl (C=O) groups is 5. The highest BCUT2D eigenvalue weighted by Gasteiger charge is 2.30. The minimum atomic E-state index is -1.31. The molecule has 0 saturated carbocycles. The van der Waals surface area contributed by atoms with Crippen molar-refractivity contribution < 1.29 is 33.8 Å². The summed E-state index contributed by atoms with van der Waals surface area (Å²) in [6.07, 6.45) is 4.07. The van der Waals surface area contributed by atoms with Gasteiger partial charge in [-0.15, -0.1) is 0 Å². The zero-order valence-corrected chi connectivity index (χ0v) is 22.1. The van der Waals surface area contributed by atoms with Crippen molar-refractivity contribution in [2.24, 2.45) is 17.8 Å². The third-order valence-corrected chi connectivity index (χ3v) is 6.65. The highest BCUT2D eigenvalue weighted by atomic mass is 16.5. The molecule has 0 aromatic rings. The van der Waals surface area contributed by atoms with Gasteiger partial charge in [-0.2, -0.15) is 0 Å². The number of likely N-dealkylation sites (tertiary alicyclic amines) is 1. The third kappa shape index (κ3) is 11.8. The summed E-state index contributed by atoms with van der Waals surface area (Å²) < 4.78 is 4.94. The van der Waals surface area contributed by atoms with Crippen LogP contribution in [0.5, 0.6) is 0 Å². The topological polar surface area (TPSA) is 166 Å². The Morgan fingerprint density at radius 1 is 1.05 bits per heavy atom. The molecule has 12 heteroatoms. The Morgan fingerprint density at radius 3 is 2.46 bits per heavy atom. The van der Waals surface area contributed by atoms with Crippen LogP contribution in [0.2, 0.25) is 0 Å². The van der Waals surface area contributed by atoms with E-state index in [0.29, 0.717) is 38.3 Å². The van der Waals surface area contributed by atoms with Crippen LogP contribution < -0.4 is 21.3 Å². The van der Waals surface area contributed by atoms with Gasteiger partial charge in [0.25, 0.3) is 0 Å². The van der Waals surface area contributed by atoms with Crippen molar-refractivity contribution in [1.29, 1.82) is 0 Å². The van der Waals surface area contributed by atoms with Crippen LogP contribution in [0.3, 0.4) is 0 Å². The van der Waals surface area contributed by atoms with Crippen LogP contribution >= 0.6 is 0 Å². The van der Waals surface area contributed by atoms with Gasteiger partial charge in [-0.1, -0.05) is 13.8 Å². The van der Waals surface area contributed by atoms with Gasteiger partial charge in [0, 0.05) is 39.0 Å². The Kier molecular flexibility index (Phi) is 13.2. The molecule has 37 heavy (non-hydrogen) atoms. The van der Waals surface area contributed by atoms with Crippen molar-refractivity contribution >= 4 is 29.8 Å². The fraction of sp³-hybridized carbons (Fsp3) is 0.800. The minimum absolute atomic E-state index is 0.00890. The average molecular weight is 526 g/mol. The molecule has 0 radical (unpaired) electrons. The summed E-state index contributed by atoms with van der Waals surface area (Å²) >= 11 is 0. The Labute approximate surface area is 218 Å². The van der Waals surface area contributed by atoms with E-state index in [4.69, 9.17) is 4.74 Å². The third-order valence-electron chi connectivity index (χ3n) is 6.65. The molecule has 0 aromatic heterocycles. The number of piperidine rings is 2. The maximum absolute atomic E-state index is 12.7. The van der Waals surface area contributed by atoms with E-state index < -0.39 is 29.9 Å². The molecule has 0 bridgehead atoms. The molecule has 4 amide bonds. The van der Waals surface area contributed by atoms with Crippen LogP contribution in [0, 0.1) is 17.8 Å². The molecule has 12 nitrogen and oxygen atoms in total. The van der Waals surface area contributed by atoms with Crippen molar-refractivity contribution in [3.63, 3.8) is 0 Å². The second-order valence-electron chi connectivity index (χ2n) is 10.3. The summed E-state index contributed by atoms with van der Waals surface area (Å²) in [6, 6.07) is -1.31. The van der Waals surface area contributed by atoms with Crippen molar-refractivity contribution in [3.05, 3.63) is 0 Å². The maximum Gasteiger partial charge on any atom is 0.407 e. The zero-order chi connectivity index (χ0) is 27.2. The number of hydrogen-bond acceptors (Lipinski definition) is 7. The zero-order valence-electron chi connectivity index (χ0n) is 22.1. The van der Waals surface area contributed by atoms with Crippen molar-refractivity contribution in [2.45, 2.75) is 64.8 Å². The van der Waals surface area contributed by atoms with Crippen molar-refractivity contribution in [2.75, 3.05) is 45.9 Å². The van der Waals surface area contributed by atoms with E-state index in [1.165, 1.54) is 0 Å². The first-order valence-electron chi connectivity index (χ1n) is 13.3. The van der Waals surface area contributed by atoms with E-state index >= 15 is 0 Å². The molecular formula is C25H43N5O7. The second-order valence-corrected chi connectivity index (χ2v) is 10.3. The van der Waals surface area contributed by atoms with Crippen LogP contribution in [0.1, 0.15) is 58.8 Å². The number of carboxylic acids is 1. The van der Waals surface area contributed by atoms with Gasteiger partial charge >= 0.3 is 12.1 Å². The molecule has 2 atom stereocenters. The molecule has 0 aliphatic carbocycles. The minimum Gasteiger partial charge on any atom is -0.480 e. The summed E-state index contributed by atoms with van der Waals surface area (Å²) in [5.74, 6) is -1.79. The normalized spacial score (nSPS) is 19.1. The van der Waals surface area contributed by atoms with Gasteiger partial charge < -0.3 is 36.0 Å². The number of amides is 4. The molecule has 2 aliphatic heterocycles. The first-order valence-corrected chi connectivity index (χ1v) is 13.3. The molecular weight excluding hydrogens is 482 g/mol. The highest BCUT2D eigenvalue weighted by Crippen LogP contribution is 2.21. The Hall–Kier alpha value is -2.89. The predicted molar refractivity (Wildman–Crippen MR) is 136 cm³/mol. The van der Waals surface area contributed by atoms with Gasteiger partial charge in [0.05, 0.1) is 12.5 Å². The summed E-state index contributed by atoms with van der Waals surface area (Å²) in [5, 5.41) is 20.2. The second kappa shape index (κ2) is 16.1. The maximum atomic E-state index is 12.7. The van der Waals surface area contributed by atoms with Crippen LogP contribution in [-0.4, -0.2) is 91.7 Å². The van der Waals surface area contributed by atoms with Gasteiger partial charge in [0.1, 0.15) is 6.04 Å². The number of hydrogen-bond donors (Lipinski definition) is 5. The van der Waals surface area contributed by atoms with E-state index in [2.05, 4.69) is 21.3 Å². The summed E-state index contributed by atoms with van der Waals surface area (Å²) in [7, 11) is 0. The standard InChI is InChI=1S/C25H43N5O7/c1-17(2)16-37-25(36)27-12-9-21(31)29-20(24(34)35)14-28-23(33)19-4-3-13-30(15-19)22(32)6-5-18-7-10-26-11-8-18/h17-20,26H,3-16H2,1-2H3,(H,27,36)(H,28,33)(H,29,31)(H,34,35)/t19-,20-/m1/s1. The lowest BCUT2D eigenvalue weighted by molar-refractivity contribution is -0.142. The number of ether oxygens (including phenoxy) is 1. The van der Waals surface area contributed by atoms with E-state index in [1.807, 2.05) is 13.8 Å². The van der Waals surface area contributed by atoms with E-state index in [1.54, 1.807) is 4.90 Å². The lowest BCUT2D eigenvalue weighted by atomic mass is 9.92. The largest absolute Gasteiger partial charge is 0.480 e. The smallest absolute Gasteiger partial charge is 0.407 e. The van der Waals surface area contributed by atoms with Gasteiger partial charge in [0.15, 0.2) is 0 Å². The monoisotopic (exact) mass is 525 g/mol. The SMILES string of the molecule is CC(C)COC(=O)NCCC(=O)N[C@H](CNC(=O)[C@@H]1CCCN(C(=O)CCC2CCNCC2)C1)C(=O)O. The molecule has 2 aliphatic rings. The average Bonchev–Trinajstić information content (AvgIpc) is 2.88. The lowest BCUT2D eigenvalue weighted by Crippen LogP contribution is -2.51. The molecule has 0 unspecified atom stereocenters. The molecule has 0 aromatic carbocycles. The summed E-state index contributed by atoms with van der Waals surface area (Å²) in [6.45, 7) is 6.69. The Balaban J connectivity index is 1.71. The van der Waals surface area contributed by atoms with E-state index in [-0.39, 0.29) is 43.8 Å². The fourth-order valence-corrected chi connectivity index (χ4v) is 4.46. The Morgan fingerprint density at radius 2 is 1.78 bits per heavy atom. The quantitative estimate of drug-likeness (QED) is 0.231. The molecule has 2 fully saturated rings. The number of nitrogens with zero attached hydrogens (tertiary/aromatic N) is 1. The van der Waals surface area contributed by atoms with Gasteiger partial charge in [-0.05, 0) is 57.0 Å². The highest BCUT2D eigenvalue weighted by molar-refractivity contribution is 5.85. The molecule has 2 saturated heterocycles. The lowest BCUT2D eigenvalue weighted by Gasteiger charge is -2.33. The van der Waals surface area contributed by atoms with Crippen molar-refractivity contribution in [1.82, 2.24) is 26.2 Å². The number of rotatable bonds is 13. The fourth-order valence-electron chi connectivity index (χ4n) is 4.46. The molecule has 0 spiro atoms. The number of alkyl carbamates (subject to hydrolysis) is 1. The number of carbonyl (C=O) groups excluding carboxylic acids is 4. The molecule has 2 rings (SSSR count). The van der Waals surface area contributed by atoms with Crippen LogP contribution in [0.25, 0.3) is 0 Å². The Bertz CT molecular complexity index is 785. The van der Waals surface area contributed by atoms with Crippen LogP contribution in [0.15, 0.2) is 0 Å². The summed E-state index contributed by atoms with van der Waals surface area (Å²) in [4.78, 5) is 62.4. The number of aliphatic carboxylic acids is 1. The van der Waals surface area contributed by atoms with E-state index in [0.717, 1.165) is 32.4 Å². The van der Waals surface area contributed by atoms with Crippen LogP contribution in [0.4, 0.5) is 4.79 Å². The summed E-state index contributed by atoms with van der Waals surface area (Å²) in [5.41, 5.74) is 0. The van der Waals surface area contributed by atoms with Crippen LogP contribution in [-0.2, 0) is 23.9 Å². The first-order chi connectivity index (χ1) is 17.7. The predicted octanol–water partition coefficient (Wildman–Crippen LogP) is 0.463. The molecule has 210 valence electrons. The van der Waals surface area contributed by atoms with Gasteiger partial charge in [-0.25, -0.2) is 9.59 Å². The van der Waals surface area contributed by atoms with Gasteiger partial charge in [0.2, 0.25) is 17.7 Å². The van der Waals surface area contributed by atoms with E-state index in [9.17, 15) is 29.1 Å². The first kappa shape index (κ1) is 30.3. The molecule has 5 N–H and O–H groups in total. The molecule has 2 heterocycles. The number of carboxylic acid groups (broad SMARTS) is 1. The number of nitrogens with one attached hydrogen (secondary N) is 4.